The van der Waals surface area contributed by atoms with E-state index in [2.05, 4.69) is 166 Å². The molecule has 0 amide bonds. The predicted octanol–water partition coefficient (Wildman–Crippen LogP) is 14.0. The SMILES string of the molecule is CC1(C)c2ccccc2-c2cccc(-c3cc(-c4ccc5c6ccccc6c6ccccc6c5c4)cc(-c4nc(-c5ccccc5)nc(-c5ccccc5)n4)c3)c21. The third-order valence-electron chi connectivity index (χ3n) is 11.9. The van der Waals surface area contributed by atoms with E-state index in [0.29, 0.717) is 17.5 Å². The van der Waals surface area contributed by atoms with Crippen molar-refractivity contribution in [3.63, 3.8) is 0 Å². The molecule has 0 aliphatic heterocycles. The van der Waals surface area contributed by atoms with Crippen molar-refractivity contribution in [1.82, 2.24) is 15.0 Å². The molecule has 1 aliphatic rings. The molecule has 0 saturated heterocycles. The lowest BCUT2D eigenvalue weighted by molar-refractivity contribution is 0.662. The van der Waals surface area contributed by atoms with E-state index in [-0.39, 0.29) is 5.41 Å². The molecule has 57 heavy (non-hydrogen) atoms. The summed E-state index contributed by atoms with van der Waals surface area (Å²) in [7, 11) is 0. The second kappa shape index (κ2) is 12.9. The van der Waals surface area contributed by atoms with E-state index in [1.165, 1.54) is 60.1 Å². The van der Waals surface area contributed by atoms with Crippen LogP contribution in [0.4, 0.5) is 0 Å². The maximum atomic E-state index is 5.21. The monoisotopic (exact) mass is 727 g/mol. The molecule has 0 bridgehead atoms. The smallest absolute Gasteiger partial charge is 0.164 e. The van der Waals surface area contributed by atoms with Crippen molar-refractivity contribution in [2.75, 3.05) is 0 Å². The highest BCUT2D eigenvalue weighted by atomic mass is 15.0. The van der Waals surface area contributed by atoms with Gasteiger partial charge in [0.15, 0.2) is 17.5 Å². The Kier molecular flexibility index (Phi) is 7.52. The van der Waals surface area contributed by atoms with Gasteiger partial charge in [-0.15, -0.1) is 0 Å². The molecule has 9 aromatic carbocycles. The molecule has 3 heteroatoms. The number of fused-ring (bicyclic) bond motifs is 9. The Morgan fingerprint density at radius 1 is 0.298 bits per heavy atom. The minimum Gasteiger partial charge on any atom is -0.208 e. The van der Waals surface area contributed by atoms with Crippen LogP contribution in [0, 0.1) is 0 Å². The van der Waals surface area contributed by atoms with Crippen LogP contribution in [0.2, 0.25) is 0 Å². The summed E-state index contributed by atoms with van der Waals surface area (Å²) in [5.41, 5.74) is 12.5. The fraction of sp³-hybridized carbons (Fsp3) is 0.0556. The molecule has 1 heterocycles. The third kappa shape index (κ3) is 5.38. The average molecular weight is 728 g/mol. The summed E-state index contributed by atoms with van der Waals surface area (Å²) in [4.78, 5) is 15.4. The van der Waals surface area contributed by atoms with Gasteiger partial charge in [0.05, 0.1) is 0 Å². The highest BCUT2D eigenvalue weighted by Gasteiger charge is 2.37. The highest BCUT2D eigenvalue weighted by molar-refractivity contribution is 6.25. The van der Waals surface area contributed by atoms with Crippen LogP contribution in [-0.2, 0) is 5.41 Å². The van der Waals surface area contributed by atoms with E-state index in [4.69, 9.17) is 15.0 Å². The molecular formula is C54H37N3. The standard InChI is InChI=1S/C54H37N3/c1-54(2)49-27-14-13-24-46(49)47-26-15-25-40(50(47)54)38-30-37(36-28-29-45-43-22-10-9-20-41(43)42-21-11-12-23-44(42)48(45)33-36)31-39(32-38)53-56-51(34-16-5-3-6-17-34)55-52(57-53)35-18-7-4-8-19-35/h3-33H,1-2H3. The van der Waals surface area contributed by atoms with Gasteiger partial charge in [-0.25, -0.2) is 15.0 Å². The Bertz CT molecular complexity index is 3110. The molecule has 0 atom stereocenters. The Morgan fingerprint density at radius 3 is 1.39 bits per heavy atom. The lowest BCUT2D eigenvalue weighted by atomic mass is 9.78. The van der Waals surface area contributed by atoms with Crippen LogP contribution in [-0.4, -0.2) is 15.0 Å². The maximum Gasteiger partial charge on any atom is 0.164 e. The van der Waals surface area contributed by atoms with Gasteiger partial charge in [-0.2, -0.15) is 0 Å². The summed E-state index contributed by atoms with van der Waals surface area (Å²) in [6.45, 7) is 4.71. The Balaban J connectivity index is 1.19. The highest BCUT2D eigenvalue weighted by Crippen LogP contribution is 2.52. The Hall–Kier alpha value is -7.23. The summed E-state index contributed by atoms with van der Waals surface area (Å²) in [6.07, 6.45) is 0. The van der Waals surface area contributed by atoms with Crippen molar-refractivity contribution >= 4 is 32.3 Å². The maximum absolute atomic E-state index is 5.21. The minimum atomic E-state index is -0.185. The molecule has 0 saturated carbocycles. The lowest BCUT2D eigenvalue weighted by Gasteiger charge is -2.25. The topological polar surface area (TPSA) is 38.7 Å². The van der Waals surface area contributed by atoms with Gasteiger partial charge in [0.1, 0.15) is 0 Å². The van der Waals surface area contributed by atoms with Crippen molar-refractivity contribution in [2.24, 2.45) is 0 Å². The van der Waals surface area contributed by atoms with Crippen LogP contribution in [0.25, 0.3) is 99.9 Å². The van der Waals surface area contributed by atoms with Gasteiger partial charge in [0.25, 0.3) is 0 Å². The molecule has 0 unspecified atom stereocenters. The number of rotatable bonds is 5. The minimum absolute atomic E-state index is 0.185. The molecule has 11 rings (SSSR count). The van der Waals surface area contributed by atoms with E-state index >= 15 is 0 Å². The molecular weight excluding hydrogens is 691 g/mol. The molecule has 0 fully saturated rings. The number of nitrogens with zero attached hydrogens (tertiary/aromatic N) is 3. The quantitative estimate of drug-likeness (QED) is 0.166. The molecule has 268 valence electrons. The van der Waals surface area contributed by atoms with Gasteiger partial charge < -0.3 is 0 Å². The van der Waals surface area contributed by atoms with Crippen molar-refractivity contribution in [3.05, 3.63) is 199 Å². The van der Waals surface area contributed by atoms with Crippen LogP contribution >= 0.6 is 0 Å². The summed E-state index contributed by atoms with van der Waals surface area (Å²) in [5, 5.41) is 7.55. The van der Waals surface area contributed by atoms with E-state index in [1.54, 1.807) is 0 Å². The largest absolute Gasteiger partial charge is 0.208 e. The molecule has 0 spiro atoms. The van der Waals surface area contributed by atoms with Crippen LogP contribution in [0.3, 0.4) is 0 Å². The van der Waals surface area contributed by atoms with Gasteiger partial charge in [-0.05, 0) is 101 Å². The molecule has 1 aliphatic carbocycles. The first kappa shape index (κ1) is 33.1. The van der Waals surface area contributed by atoms with Gasteiger partial charge in [-0.1, -0.05) is 178 Å². The normalized spacial score (nSPS) is 12.9. The number of hydrogen-bond donors (Lipinski definition) is 0. The van der Waals surface area contributed by atoms with E-state index in [0.717, 1.165) is 33.4 Å². The second-order valence-corrected chi connectivity index (χ2v) is 15.6. The van der Waals surface area contributed by atoms with E-state index < -0.39 is 0 Å². The number of benzene rings is 9. The fourth-order valence-electron chi connectivity index (χ4n) is 9.19. The van der Waals surface area contributed by atoms with E-state index in [1.807, 2.05) is 36.4 Å². The summed E-state index contributed by atoms with van der Waals surface area (Å²) in [6, 6.07) is 67.4. The van der Waals surface area contributed by atoms with Crippen molar-refractivity contribution in [2.45, 2.75) is 19.3 Å². The van der Waals surface area contributed by atoms with Crippen LogP contribution in [0.1, 0.15) is 25.0 Å². The zero-order valence-electron chi connectivity index (χ0n) is 31.7. The number of hydrogen-bond acceptors (Lipinski definition) is 3. The predicted molar refractivity (Wildman–Crippen MR) is 237 cm³/mol. The summed E-state index contributed by atoms with van der Waals surface area (Å²) >= 11 is 0. The Morgan fingerprint density at radius 2 is 0.754 bits per heavy atom. The zero-order chi connectivity index (χ0) is 38.1. The molecule has 0 N–H and O–H groups in total. The second-order valence-electron chi connectivity index (χ2n) is 15.6. The van der Waals surface area contributed by atoms with E-state index in [9.17, 15) is 0 Å². The van der Waals surface area contributed by atoms with Crippen molar-refractivity contribution in [3.8, 4) is 67.5 Å². The molecule has 0 radical (unpaired) electrons. The van der Waals surface area contributed by atoms with Crippen molar-refractivity contribution in [1.29, 1.82) is 0 Å². The summed E-state index contributed by atoms with van der Waals surface area (Å²) < 4.78 is 0. The first-order valence-corrected chi connectivity index (χ1v) is 19.6. The van der Waals surface area contributed by atoms with Gasteiger partial charge in [-0.3, -0.25) is 0 Å². The van der Waals surface area contributed by atoms with Crippen LogP contribution in [0.5, 0.6) is 0 Å². The van der Waals surface area contributed by atoms with Gasteiger partial charge in [0, 0.05) is 22.1 Å². The third-order valence-corrected chi connectivity index (χ3v) is 11.9. The Labute approximate surface area is 332 Å². The van der Waals surface area contributed by atoms with Crippen molar-refractivity contribution < 1.29 is 0 Å². The van der Waals surface area contributed by atoms with Gasteiger partial charge >= 0.3 is 0 Å². The van der Waals surface area contributed by atoms with Crippen LogP contribution < -0.4 is 0 Å². The summed E-state index contributed by atoms with van der Waals surface area (Å²) in [5.74, 6) is 1.93. The molecule has 3 nitrogen and oxygen atoms in total. The lowest BCUT2D eigenvalue weighted by Crippen LogP contribution is -2.16. The first-order chi connectivity index (χ1) is 28.0. The zero-order valence-corrected chi connectivity index (χ0v) is 31.7. The fourth-order valence-corrected chi connectivity index (χ4v) is 9.19. The van der Waals surface area contributed by atoms with Gasteiger partial charge in [0.2, 0.25) is 0 Å². The molecule has 1 aromatic heterocycles. The molecule has 10 aromatic rings. The van der Waals surface area contributed by atoms with Crippen LogP contribution in [0.15, 0.2) is 188 Å². The average Bonchev–Trinajstić information content (AvgIpc) is 3.52. The number of aromatic nitrogens is 3. The first-order valence-electron chi connectivity index (χ1n) is 19.6.